The van der Waals surface area contributed by atoms with E-state index in [0.717, 1.165) is 55.5 Å². The second kappa shape index (κ2) is 7.09. The van der Waals surface area contributed by atoms with Crippen LogP contribution in [0.5, 0.6) is 0 Å². The van der Waals surface area contributed by atoms with Gasteiger partial charge in [0.25, 0.3) is 0 Å². The Kier molecular flexibility index (Phi) is 4.47. The summed E-state index contributed by atoms with van der Waals surface area (Å²) >= 11 is 0. The Bertz CT molecular complexity index is 1450. The van der Waals surface area contributed by atoms with Gasteiger partial charge in [0.15, 0.2) is 0 Å². The third kappa shape index (κ3) is 3.32. The molecule has 3 heterocycles. The van der Waals surface area contributed by atoms with Crippen LogP contribution < -0.4 is 0 Å². The van der Waals surface area contributed by atoms with Gasteiger partial charge in [-0.3, -0.25) is 9.97 Å². The van der Waals surface area contributed by atoms with Gasteiger partial charge in [-0.05, 0) is 30.2 Å². The van der Waals surface area contributed by atoms with Crippen LogP contribution in [0.15, 0.2) is 60.8 Å². The number of rotatable bonds is 2. The molecule has 0 radical (unpaired) electrons. The van der Waals surface area contributed by atoms with Crippen LogP contribution in [0.1, 0.15) is 51.9 Å². The summed E-state index contributed by atoms with van der Waals surface area (Å²) in [4.78, 5) is 19.9. The number of fused-ring (bicyclic) bond motifs is 4. The van der Waals surface area contributed by atoms with Crippen molar-refractivity contribution < 1.29 is 0 Å². The minimum atomic E-state index is -0.158. The minimum Gasteiger partial charge on any atom is -0.254 e. The summed E-state index contributed by atoms with van der Waals surface area (Å²) in [5.41, 5.74) is 7.55. The van der Waals surface area contributed by atoms with Gasteiger partial charge in [-0.2, -0.15) is 0 Å². The van der Waals surface area contributed by atoms with Gasteiger partial charge in [-0.1, -0.05) is 65.0 Å². The van der Waals surface area contributed by atoms with Crippen LogP contribution in [0.25, 0.3) is 44.1 Å². The molecule has 0 N–H and O–H groups in total. The fourth-order valence-corrected chi connectivity index (χ4v) is 4.05. The fraction of sp³-hybridized carbons (Fsp3) is 0.259. The van der Waals surface area contributed by atoms with Crippen molar-refractivity contribution in [2.45, 2.75) is 46.0 Å². The first-order valence-corrected chi connectivity index (χ1v) is 10.8. The lowest BCUT2D eigenvalue weighted by Gasteiger charge is -2.23. The highest BCUT2D eigenvalue weighted by molar-refractivity contribution is 6.08. The maximum atomic E-state index is 5.13. The second-order valence-corrected chi connectivity index (χ2v) is 9.45. The maximum Gasteiger partial charge on any atom is 0.0974 e. The van der Waals surface area contributed by atoms with Crippen molar-refractivity contribution in [2.24, 2.45) is 0 Å². The third-order valence-corrected chi connectivity index (χ3v) is 5.70. The van der Waals surface area contributed by atoms with Crippen molar-refractivity contribution >= 4 is 32.8 Å². The molecule has 2 aromatic carbocycles. The van der Waals surface area contributed by atoms with E-state index in [1.165, 1.54) is 0 Å². The van der Waals surface area contributed by atoms with E-state index in [4.69, 9.17) is 15.0 Å². The molecule has 0 bridgehead atoms. The van der Waals surface area contributed by atoms with E-state index in [-0.39, 0.29) is 11.3 Å². The summed E-state index contributed by atoms with van der Waals surface area (Å²) in [5.74, 6) is 0.286. The summed E-state index contributed by atoms with van der Waals surface area (Å²) in [7, 11) is 0. The molecule has 0 atom stereocenters. The summed E-state index contributed by atoms with van der Waals surface area (Å²) < 4.78 is 0. The topological polar surface area (TPSA) is 51.6 Å². The third-order valence-electron chi connectivity index (χ3n) is 5.70. The Hall–Kier alpha value is -3.40. The van der Waals surface area contributed by atoms with Gasteiger partial charge in [0.2, 0.25) is 0 Å². The van der Waals surface area contributed by atoms with Crippen LogP contribution in [-0.2, 0) is 5.41 Å². The molecule has 0 saturated carbocycles. The number of nitrogens with zero attached hydrogens (tertiary/aromatic N) is 4. The summed E-state index contributed by atoms with van der Waals surface area (Å²) in [6.07, 6.45) is 1.83. The molecule has 5 rings (SSSR count). The van der Waals surface area contributed by atoms with E-state index in [1.807, 2.05) is 36.5 Å². The highest BCUT2D eigenvalue weighted by Gasteiger charge is 2.25. The van der Waals surface area contributed by atoms with Crippen LogP contribution >= 0.6 is 0 Å². The molecule has 4 heteroatoms. The SMILES string of the molecule is CC(C)c1cc(-c2nc3ccccc3nc2C(C)(C)C)c2ccc3cccnc3c2n1. The number of aromatic nitrogens is 4. The van der Waals surface area contributed by atoms with Crippen LogP contribution in [-0.4, -0.2) is 19.9 Å². The summed E-state index contributed by atoms with van der Waals surface area (Å²) in [5, 5.41) is 2.15. The van der Waals surface area contributed by atoms with Crippen LogP contribution in [0.2, 0.25) is 0 Å². The first-order chi connectivity index (χ1) is 14.8. The van der Waals surface area contributed by atoms with Crippen molar-refractivity contribution in [1.82, 2.24) is 19.9 Å². The highest BCUT2D eigenvalue weighted by Crippen LogP contribution is 2.38. The van der Waals surface area contributed by atoms with E-state index in [1.54, 1.807) is 0 Å². The van der Waals surface area contributed by atoms with Crippen molar-refractivity contribution in [3.63, 3.8) is 0 Å². The Morgan fingerprint density at radius 1 is 0.774 bits per heavy atom. The van der Waals surface area contributed by atoms with Gasteiger partial charge in [0.1, 0.15) is 0 Å². The number of hydrogen-bond acceptors (Lipinski definition) is 4. The number of para-hydroxylation sites is 2. The average Bonchev–Trinajstić information content (AvgIpc) is 2.76. The molecular formula is C27H26N4. The molecule has 0 saturated heterocycles. The fourth-order valence-electron chi connectivity index (χ4n) is 4.05. The summed E-state index contributed by atoms with van der Waals surface area (Å²) in [6.45, 7) is 10.9. The lowest BCUT2D eigenvalue weighted by atomic mass is 9.87. The number of hydrogen-bond donors (Lipinski definition) is 0. The van der Waals surface area contributed by atoms with Gasteiger partial charge in [0.05, 0.1) is 33.5 Å². The van der Waals surface area contributed by atoms with Gasteiger partial charge < -0.3 is 0 Å². The first-order valence-electron chi connectivity index (χ1n) is 10.8. The molecule has 31 heavy (non-hydrogen) atoms. The van der Waals surface area contributed by atoms with Gasteiger partial charge in [-0.25, -0.2) is 9.97 Å². The Labute approximate surface area is 182 Å². The van der Waals surface area contributed by atoms with E-state index in [9.17, 15) is 0 Å². The minimum absolute atomic E-state index is 0.158. The molecule has 0 spiro atoms. The molecule has 4 nitrogen and oxygen atoms in total. The van der Waals surface area contributed by atoms with Crippen LogP contribution in [0, 0.1) is 0 Å². The molecule has 3 aromatic heterocycles. The van der Waals surface area contributed by atoms with Crippen molar-refractivity contribution in [3.8, 4) is 11.3 Å². The lowest BCUT2D eigenvalue weighted by molar-refractivity contribution is 0.571. The summed E-state index contributed by atoms with van der Waals surface area (Å²) in [6, 6.07) is 18.6. The zero-order valence-electron chi connectivity index (χ0n) is 18.6. The van der Waals surface area contributed by atoms with E-state index >= 15 is 0 Å². The Balaban J connectivity index is 1.95. The standard InChI is InChI=1S/C27H26N4/c1-16(2)22-15-19(18-13-12-17-9-8-14-28-23(17)24(18)30-22)25-26(27(3,4)5)31-21-11-7-6-10-20(21)29-25/h6-16H,1-5H3. The quantitative estimate of drug-likeness (QED) is 0.302. The molecule has 0 unspecified atom stereocenters. The zero-order chi connectivity index (χ0) is 21.8. The second-order valence-electron chi connectivity index (χ2n) is 9.45. The molecule has 0 amide bonds. The molecule has 5 aromatic rings. The molecule has 154 valence electrons. The van der Waals surface area contributed by atoms with Crippen LogP contribution in [0.4, 0.5) is 0 Å². The molecular weight excluding hydrogens is 380 g/mol. The monoisotopic (exact) mass is 406 g/mol. The predicted octanol–water partition coefficient (Wildman–Crippen LogP) is 6.81. The zero-order valence-corrected chi connectivity index (χ0v) is 18.6. The van der Waals surface area contributed by atoms with E-state index < -0.39 is 0 Å². The van der Waals surface area contributed by atoms with Gasteiger partial charge >= 0.3 is 0 Å². The maximum absolute atomic E-state index is 5.13. The lowest BCUT2D eigenvalue weighted by Crippen LogP contribution is -2.16. The van der Waals surface area contributed by atoms with Gasteiger partial charge in [-0.15, -0.1) is 0 Å². The predicted molar refractivity (Wildman–Crippen MR) is 128 cm³/mol. The van der Waals surface area contributed by atoms with Crippen molar-refractivity contribution in [2.75, 3.05) is 0 Å². The van der Waals surface area contributed by atoms with E-state index in [0.29, 0.717) is 0 Å². The van der Waals surface area contributed by atoms with Crippen molar-refractivity contribution in [1.29, 1.82) is 0 Å². The van der Waals surface area contributed by atoms with Gasteiger partial charge in [0, 0.05) is 33.6 Å². The Morgan fingerprint density at radius 2 is 1.52 bits per heavy atom. The largest absolute Gasteiger partial charge is 0.254 e. The molecule has 0 aliphatic heterocycles. The smallest absolute Gasteiger partial charge is 0.0974 e. The van der Waals surface area contributed by atoms with Crippen LogP contribution in [0.3, 0.4) is 0 Å². The Morgan fingerprint density at radius 3 is 2.23 bits per heavy atom. The molecule has 0 fully saturated rings. The number of benzene rings is 2. The van der Waals surface area contributed by atoms with E-state index in [2.05, 4.69) is 63.9 Å². The van der Waals surface area contributed by atoms with Crippen molar-refractivity contribution in [3.05, 3.63) is 72.2 Å². The first kappa shape index (κ1) is 19.6. The highest BCUT2D eigenvalue weighted by atomic mass is 14.8. The number of pyridine rings is 2. The molecule has 0 aliphatic rings. The average molecular weight is 407 g/mol. The molecule has 0 aliphatic carbocycles. The normalized spacial score (nSPS) is 12.3.